The summed E-state index contributed by atoms with van der Waals surface area (Å²) in [5.41, 5.74) is 1.60. The number of halogens is 2. The van der Waals surface area contributed by atoms with Gasteiger partial charge in [0.05, 0.1) is 6.10 Å². The third-order valence-electron chi connectivity index (χ3n) is 4.48. The summed E-state index contributed by atoms with van der Waals surface area (Å²) >= 11 is 12.0. The number of benzene rings is 2. The van der Waals surface area contributed by atoms with Crippen molar-refractivity contribution in [2.75, 3.05) is 13.2 Å². The van der Waals surface area contributed by atoms with E-state index in [1.165, 1.54) is 0 Å². The number of carbonyl (C=O) groups excluding carboxylic acids is 1. The predicted octanol–water partition coefficient (Wildman–Crippen LogP) is 4.77. The van der Waals surface area contributed by atoms with E-state index in [2.05, 4.69) is 5.32 Å². The zero-order valence-corrected chi connectivity index (χ0v) is 17.2. The number of hydrogen-bond acceptors (Lipinski definition) is 4. The molecule has 3 rings (SSSR count). The summed E-state index contributed by atoms with van der Waals surface area (Å²) in [7, 11) is 0. The van der Waals surface area contributed by atoms with Crippen LogP contribution in [0.25, 0.3) is 6.08 Å². The van der Waals surface area contributed by atoms with Gasteiger partial charge in [0, 0.05) is 28.8 Å². The maximum atomic E-state index is 12.2. The smallest absolute Gasteiger partial charge is 0.262 e. The second-order valence-corrected chi connectivity index (χ2v) is 7.45. The van der Waals surface area contributed by atoms with Crippen LogP contribution in [0.15, 0.2) is 48.0 Å². The molecule has 1 saturated heterocycles. The topological polar surface area (TPSA) is 71.3 Å². The van der Waals surface area contributed by atoms with Crippen molar-refractivity contribution in [3.8, 4) is 11.8 Å². The van der Waals surface area contributed by atoms with Crippen LogP contribution in [-0.4, -0.2) is 25.2 Å². The second kappa shape index (κ2) is 10.3. The molecule has 7 heteroatoms. The van der Waals surface area contributed by atoms with Crippen LogP contribution in [-0.2, 0) is 16.1 Å². The predicted molar refractivity (Wildman–Crippen MR) is 113 cm³/mol. The number of amides is 1. The number of ether oxygens (including phenoxy) is 2. The lowest BCUT2D eigenvalue weighted by atomic mass is 10.1. The van der Waals surface area contributed by atoms with Gasteiger partial charge in [0.1, 0.15) is 24.0 Å². The van der Waals surface area contributed by atoms with Crippen LogP contribution in [0.3, 0.4) is 0 Å². The van der Waals surface area contributed by atoms with E-state index in [1.807, 2.05) is 12.1 Å². The van der Waals surface area contributed by atoms with E-state index in [4.69, 9.17) is 32.7 Å². The highest BCUT2D eigenvalue weighted by atomic mass is 35.5. The number of hydrogen-bond donors (Lipinski definition) is 1. The Labute approximate surface area is 179 Å². The van der Waals surface area contributed by atoms with Crippen LogP contribution in [0.4, 0.5) is 0 Å². The maximum Gasteiger partial charge on any atom is 0.262 e. The summed E-state index contributed by atoms with van der Waals surface area (Å²) in [5, 5.41) is 13.2. The normalized spacial score (nSPS) is 16.3. The summed E-state index contributed by atoms with van der Waals surface area (Å²) in [5.74, 6) is 0.246. The Morgan fingerprint density at radius 1 is 1.28 bits per heavy atom. The molecule has 150 valence electrons. The molecule has 1 fully saturated rings. The minimum atomic E-state index is -0.402. The van der Waals surface area contributed by atoms with Gasteiger partial charge in [-0.2, -0.15) is 5.26 Å². The molecule has 1 amide bonds. The lowest BCUT2D eigenvalue weighted by Crippen LogP contribution is -2.32. The average molecular weight is 431 g/mol. The molecule has 0 spiro atoms. The standard InChI is InChI=1S/C22H20Cl2N2O3/c23-18-6-5-16(21(24)11-18)14-29-19-7-3-15(4-8-19)10-17(12-25)22(27)26-13-20-2-1-9-28-20/h3-8,10-11,20H,1-2,9,13-14H2,(H,26,27)/b17-10+. The fraction of sp³-hybridized carbons (Fsp3) is 0.273. The van der Waals surface area contributed by atoms with Crippen molar-refractivity contribution in [3.05, 3.63) is 69.2 Å². The van der Waals surface area contributed by atoms with E-state index in [0.717, 1.165) is 30.6 Å². The second-order valence-electron chi connectivity index (χ2n) is 6.61. The van der Waals surface area contributed by atoms with E-state index in [0.29, 0.717) is 28.9 Å². The molecule has 0 aliphatic carbocycles. The summed E-state index contributed by atoms with van der Waals surface area (Å²) in [6.07, 6.45) is 3.50. The van der Waals surface area contributed by atoms with Crippen molar-refractivity contribution in [2.45, 2.75) is 25.6 Å². The molecule has 5 nitrogen and oxygen atoms in total. The molecule has 0 radical (unpaired) electrons. The van der Waals surface area contributed by atoms with Gasteiger partial charge in [-0.05, 0) is 48.7 Å². The molecular weight excluding hydrogens is 411 g/mol. The lowest BCUT2D eigenvalue weighted by molar-refractivity contribution is -0.117. The van der Waals surface area contributed by atoms with Gasteiger partial charge in [0.15, 0.2) is 0 Å². The Morgan fingerprint density at radius 2 is 2.07 bits per heavy atom. The number of nitrogens with zero attached hydrogens (tertiary/aromatic N) is 1. The molecule has 1 heterocycles. The number of carbonyl (C=O) groups is 1. The fourth-order valence-corrected chi connectivity index (χ4v) is 3.35. The van der Waals surface area contributed by atoms with Gasteiger partial charge in [-0.1, -0.05) is 41.4 Å². The van der Waals surface area contributed by atoms with Crippen molar-refractivity contribution < 1.29 is 14.3 Å². The average Bonchev–Trinajstić information content (AvgIpc) is 3.24. The quantitative estimate of drug-likeness (QED) is 0.506. The molecule has 29 heavy (non-hydrogen) atoms. The molecule has 1 aliphatic heterocycles. The van der Waals surface area contributed by atoms with Gasteiger partial charge in [-0.25, -0.2) is 0 Å². The highest BCUT2D eigenvalue weighted by Crippen LogP contribution is 2.23. The summed E-state index contributed by atoms with van der Waals surface area (Å²) < 4.78 is 11.2. The molecule has 1 unspecified atom stereocenters. The highest BCUT2D eigenvalue weighted by Gasteiger charge is 2.17. The first-order chi connectivity index (χ1) is 14.0. The molecule has 0 bridgehead atoms. The van der Waals surface area contributed by atoms with Crippen LogP contribution in [0, 0.1) is 11.3 Å². The van der Waals surface area contributed by atoms with Crippen LogP contribution >= 0.6 is 23.2 Å². The van der Waals surface area contributed by atoms with E-state index < -0.39 is 5.91 Å². The van der Waals surface area contributed by atoms with Gasteiger partial charge in [0.2, 0.25) is 0 Å². The Balaban J connectivity index is 1.57. The zero-order valence-electron chi connectivity index (χ0n) is 15.7. The van der Waals surface area contributed by atoms with Crippen molar-refractivity contribution in [2.24, 2.45) is 0 Å². The SMILES string of the molecule is N#C/C(=C\c1ccc(OCc2ccc(Cl)cc2Cl)cc1)C(=O)NCC1CCCO1. The Morgan fingerprint density at radius 3 is 2.72 bits per heavy atom. The fourth-order valence-electron chi connectivity index (χ4n) is 2.88. The maximum absolute atomic E-state index is 12.2. The van der Waals surface area contributed by atoms with Crippen molar-refractivity contribution in [1.82, 2.24) is 5.32 Å². The first-order valence-electron chi connectivity index (χ1n) is 9.23. The van der Waals surface area contributed by atoms with Crippen LogP contribution in [0.1, 0.15) is 24.0 Å². The van der Waals surface area contributed by atoms with Gasteiger partial charge in [-0.3, -0.25) is 4.79 Å². The van der Waals surface area contributed by atoms with Crippen LogP contribution in [0.5, 0.6) is 5.75 Å². The largest absolute Gasteiger partial charge is 0.489 e. The Kier molecular flexibility index (Phi) is 7.54. The van der Waals surface area contributed by atoms with Gasteiger partial charge < -0.3 is 14.8 Å². The summed E-state index contributed by atoms with van der Waals surface area (Å²) in [6.45, 7) is 1.44. The minimum Gasteiger partial charge on any atom is -0.489 e. The number of rotatable bonds is 7. The van der Waals surface area contributed by atoms with Crippen molar-refractivity contribution >= 4 is 35.2 Å². The number of nitrogens with one attached hydrogen (secondary N) is 1. The van der Waals surface area contributed by atoms with Gasteiger partial charge in [0.25, 0.3) is 5.91 Å². The Bertz CT molecular complexity index is 930. The molecule has 0 aromatic heterocycles. The van der Waals surface area contributed by atoms with E-state index >= 15 is 0 Å². The third-order valence-corrected chi connectivity index (χ3v) is 5.07. The van der Waals surface area contributed by atoms with Crippen molar-refractivity contribution in [1.29, 1.82) is 5.26 Å². The minimum absolute atomic E-state index is 0.0319. The monoisotopic (exact) mass is 430 g/mol. The molecule has 0 saturated carbocycles. The van der Waals surface area contributed by atoms with Gasteiger partial charge >= 0.3 is 0 Å². The molecule has 1 N–H and O–H groups in total. The van der Waals surface area contributed by atoms with E-state index in [9.17, 15) is 10.1 Å². The zero-order chi connectivity index (χ0) is 20.6. The van der Waals surface area contributed by atoms with E-state index in [-0.39, 0.29) is 11.7 Å². The van der Waals surface area contributed by atoms with Crippen LogP contribution < -0.4 is 10.1 Å². The third kappa shape index (κ3) is 6.23. The molecule has 2 aromatic carbocycles. The Hall–Kier alpha value is -2.52. The van der Waals surface area contributed by atoms with Gasteiger partial charge in [-0.15, -0.1) is 0 Å². The van der Waals surface area contributed by atoms with E-state index in [1.54, 1.807) is 42.5 Å². The number of nitriles is 1. The molecule has 1 atom stereocenters. The first-order valence-corrected chi connectivity index (χ1v) is 9.99. The molecule has 1 aliphatic rings. The first kappa shape index (κ1) is 21.2. The van der Waals surface area contributed by atoms with Crippen LogP contribution in [0.2, 0.25) is 10.0 Å². The summed E-state index contributed by atoms with van der Waals surface area (Å²) in [4.78, 5) is 12.2. The molecular formula is C22H20Cl2N2O3. The van der Waals surface area contributed by atoms with Crippen molar-refractivity contribution in [3.63, 3.8) is 0 Å². The summed E-state index contributed by atoms with van der Waals surface area (Å²) in [6, 6.07) is 14.3. The highest BCUT2D eigenvalue weighted by molar-refractivity contribution is 6.35. The lowest BCUT2D eigenvalue weighted by Gasteiger charge is -2.10. The molecule has 2 aromatic rings.